The van der Waals surface area contributed by atoms with Crippen molar-refractivity contribution in [1.82, 2.24) is 0 Å². The molecule has 0 aliphatic carbocycles. The molecule has 1 aliphatic rings. The topological polar surface area (TPSA) is 79.2 Å². The highest BCUT2D eigenvalue weighted by molar-refractivity contribution is 4.88. The Bertz CT molecular complexity index is 308. The maximum atomic E-state index is 9.98. The van der Waals surface area contributed by atoms with E-state index in [2.05, 4.69) is 19.1 Å². The summed E-state index contributed by atoms with van der Waals surface area (Å²) in [6, 6.07) is 0. The Hall–Kier alpha value is -0.460. The van der Waals surface area contributed by atoms with Crippen LogP contribution in [-0.2, 0) is 9.47 Å². The molecule has 4 atom stereocenters. The van der Waals surface area contributed by atoms with Gasteiger partial charge in [-0.15, -0.1) is 0 Å². The van der Waals surface area contributed by atoms with Crippen LogP contribution < -0.4 is 0 Å². The quantitative estimate of drug-likeness (QED) is 0.356. The predicted octanol–water partition coefficient (Wildman–Crippen LogP) is 2.18. The van der Waals surface area contributed by atoms with Crippen molar-refractivity contribution >= 4 is 0 Å². The molecular weight excluding hydrogens is 296 g/mol. The monoisotopic (exact) mass is 330 g/mol. The zero-order valence-electron chi connectivity index (χ0n) is 14.4. The summed E-state index contributed by atoms with van der Waals surface area (Å²) in [4.78, 5) is 0. The Morgan fingerprint density at radius 3 is 2.48 bits per heavy atom. The summed E-state index contributed by atoms with van der Waals surface area (Å²) in [5, 5.41) is 28.4. The first-order valence-corrected chi connectivity index (χ1v) is 9.05. The summed E-state index contributed by atoms with van der Waals surface area (Å²) >= 11 is 0. The lowest BCUT2D eigenvalue weighted by molar-refractivity contribution is -0.0730. The van der Waals surface area contributed by atoms with Crippen LogP contribution in [0.5, 0.6) is 0 Å². The fourth-order valence-electron chi connectivity index (χ4n) is 2.73. The van der Waals surface area contributed by atoms with Gasteiger partial charge in [0.2, 0.25) is 0 Å². The van der Waals surface area contributed by atoms with Crippen LogP contribution in [0.1, 0.15) is 58.3 Å². The number of aliphatic hydroxyl groups is 3. The summed E-state index contributed by atoms with van der Waals surface area (Å²) in [5.41, 5.74) is 0. The van der Waals surface area contributed by atoms with Crippen LogP contribution >= 0.6 is 0 Å². The predicted molar refractivity (Wildman–Crippen MR) is 90.3 cm³/mol. The average Bonchev–Trinajstić information content (AvgIpc) is 2.93. The summed E-state index contributed by atoms with van der Waals surface area (Å²) in [6.07, 6.45) is 10.9. The normalized spacial score (nSPS) is 26.2. The van der Waals surface area contributed by atoms with Gasteiger partial charge in [0.15, 0.2) is 0 Å². The Morgan fingerprint density at radius 1 is 1.13 bits per heavy atom. The first-order chi connectivity index (χ1) is 11.2. The lowest BCUT2D eigenvalue weighted by atomic mass is 10.1. The molecule has 5 nitrogen and oxygen atoms in total. The Labute approximate surface area is 140 Å². The van der Waals surface area contributed by atoms with E-state index in [9.17, 15) is 10.2 Å². The van der Waals surface area contributed by atoms with Crippen LogP contribution in [0.3, 0.4) is 0 Å². The van der Waals surface area contributed by atoms with E-state index in [1.165, 1.54) is 32.1 Å². The van der Waals surface area contributed by atoms with Gasteiger partial charge in [-0.1, -0.05) is 38.3 Å². The van der Waals surface area contributed by atoms with Crippen molar-refractivity contribution in [3.8, 4) is 0 Å². The van der Waals surface area contributed by atoms with Crippen LogP contribution in [0.15, 0.2) is 12.2 Å². The molecule has 0 spiro atoms. The van der Waals surface area contributed by atoms with Crippen molar-refractivity contribution < 1.29 is 24.8 Å². The van der Waals surface area contributed by atoms with Crippen LogP contribution in [0.25, 0.3) is 0 Å². The molecule has 1 saturated heterocycles. The Morgan fingerprint density at radius 2 is 1.83 bits per heavy atom. The van der Waals surface area contributed by atoms with Gasteiger partial charge in [0.05, 0.1) is 13.2 Å². The van der Waals surface area contributed by atoms with E-state index in [0.29, 0.717) is 6.61 Å². The number of unbranched alkanes of at least 4 members (excludes halogenated alkanes) is 6. The van der Waals surface area contributed by atoms with Crippen LogP contribution in [-0.4, -0.2) is 59.6 Å². The van der Waals surface area contributed by atoms with Crippen molar-refractivity contribution in [3.63, 3.8) is 0 Å². The van der Waals surface area contributed by atoms with Crippen molar-refractivity contribution in [2.75, 3.05) is 19.8 Å². The molecule has 0 aromatic heterocycles. The van der Waals surface area contributed by atoms with Gasteiger partial charge in [-0.05, 0) is 32.1 Å². The fraction of sp³-hybridized carbons (Fsp3) is 0.889. The van der Waals surface area contributed by atoms with Gasteiger partial charge in [-0.3, -0.25) is 0 Å². The van der Waals surface area contributed by atoms with Crippen molar-refractivity contribution in [1.29, 1.82) is 0 Å². The van der Waals surface area contributed by atoms with E-state index in [1.54, 1.807) is 0 Å². The number of rotatable bonds is 13. The minimum Gasteiger partial charge on any atom is -0.394 e. The second-order valence-corrected chi connectivity index (χ2v) is 6.26. The molecule has 1 rings (SSSR count). The molecule has 0 aromatic rings. The Balaban J connectivity index is 1.98. The molecule has 136 valence electrons. The van der Waals surface area contributed by atoms with Crippen LogP contribution in [0.4, 0.5) is 0 Å². The van der Waals surface area contributed by atoms with E-state index in [1.807, 2.05) is 0 Å². The molecule has 0 unspecified atom stereocenters. The number of hydrogen-bond acceptors (Lipinski definition) is 5. The standard InChI is InChI=1S/C18H34O5/c1-2-3-4-5-6-7-8-9-10-11-12-22-16-14-23-18(17(16)21)15(20)13-19/h7-8,15-21H,2-6,9-14H2,1H3/b8-7+/t15-,16+,17-,18-/m0/s1. The zero-order chi connectivity index (χ0) is 16.9. The third-order valence-electron chi connectivity index (χ3n) is 4.22. The fourth-order valence-corrected chi connectivity index (χ4v) is 2.73. The first-order valence-electron chi connectivity index (χ1n) is 9.05. The number of aliphatic hydroxyl groups excluding tert-OH is 3. The molecule has 3 N–H and O–H groups in total. The molecule has 5 heteroatoms. The summed E-state index contributed by atoms with van der Waals surface area (Å²) in [6.45, 7) is 2.65. The second-order valence-electron chi connectivity index (χ2n) is 6.26. The van der Waals surface area contributed by atoms with Gasteiger partial charge in [0.1, 0.15) is 24.4 Å². The highest BCUT2D eigenvalue weighted by Crippen LogP contribution is 2.20. The third kappa shape index (κ3) is 8.27. The lowest BCUT2D eigenvalue weighted by Gasteiger charge is -2.20. The van der Waals surface area contributed by atoms with Crippen molar-refractivity contribution in [2.24, 2.45) is 0 Å². The third-order valence-corrected chi connectivity index (χ3v) is 4.22. The summed E-state index contributed by atoms with van der Waals surface area (Å²) in [5.74, 6) is 0. The van der Waals surface area contributed by atoms with Gasteiger partial charge in [0, 0.05) is 6.61 Å². The highest BCUT2D eigenvalue weighted by atomic mass is 16.6. The molecule has 0 radical (unpaired) electrons. The Kier molecular flexibility index (Phi) is 11.5. The maximum Gasteiger partial charge on any atom is 0.114 e. The summed E-state index contributed by atoms with van der Waals surface area (Å²) < 4.78 is 10.9. The maximum absolute atomic E-state index is 9.98. The minimum atomic E-state index is -1.05. The van der Waals surface area contributed by atoms with Crippen LogP contribution in [0.2, 0.25) is 0 Å². The molecule has 1 heterocycles. The second kappa shape index (κ2) is 12.9. The van der Waals surface area contributed by atoms with Crippen molar-refractivity contribution in [3.05, 3.63) is 12.2 Å². The van der Waals surface area contributed by atoms with Gasteiger partial charge >= 0.3 is 0 Å². The summed E-state index contributed by atoms with van der Waals surface area (Å²) in [7, 11) is 0. The number of hydrogen-bond donors (Lipinski definition) is 3. The van der Waals surface area contributed by atoms with Gasteiger partial charge in [-0.25, -0.2) is 0 Å². The van der Waals surface area contributed by atoms with E-state index in [4.69, 9.17) is 14.6 Å². The number of allylic oxidation sites excluding steroid dienone is 2. The van der Waals surface area contributed by atoms with Crippen molar-refractivity contribution in [2.45, 2.75) is 82.7 Å². The van der Waals surface area contributed by atoms with E-state index < -0.39 is 31.0 Å². The molecular formula is C18H34O5. The minimum absolute atomic E-state index is 0.264. The molecule has 0 saturated carbocycles. The lowest BCUT2D eigenvalue weighted by Crippen LogP contribution is -2.41. The van der Waals surface area contributed by atoms with Gasteiger partial charge in [0.25, 0.3) is 0 Å². The van der Waals surface area contributed by atoms with E-state index in [0.717, 1.165) is 19.3 Å². The highest BCUT2D eigenvalue weighted by Gasteiger charge is 2.40. The number of ether oxygens (including phenoxy) is 2. The van der Waals surface area contributed by atoms with E-state index >= 15 is 0 Å². The molecule has 23 heavy (non-hydrogen) atoms. The molecule has 0 bridgehead atoms. The molecule has 0 aromatic carbocycles. The van der Waals surface area contributed by atoms with Gasteiger partial charge in [-0.2, -0.15) is 0 Å². The van der Waals surface area contributed by atoms with Crippen LogP contribution in [0, 0.1) is 0 Å². The molecule has 1 fully saturated rings. The largest absolute Gasteiger partial charge is 0.394 e. The van der Waals surface area contributed by atoms with E-state index in [-0.39, 0.29) is 6.61 Å². The van der Waals surface area contributed by atoms with Gasteiger partial charge < -0.3 is 24.8 Å². The zero-order valence-corrected chi connectivity index (χ0v) is 14.4. The first kappa shape index (κ1) is 20.6. The average molecular weight is 330 g/mol. The smallest absolute Gasteiger partial charge is 0.114 e. The molecule has 1 aliphatic heterocycles. The SMILES string of the molecule is CCCCCC/C=C/CCCCO[C@@H]1CO[C@@H]([C@@H](O)CO)[C@H]1O. The molecule has 0 amide bonds.